The van der Waals surface area contributed by atoms with Crippen LogP contribution >= 0.6 is 0 Å². The minimum Gasteiger partial charge on any atom is -1.00 e. The zero-order chi connectivity index (χ0) is 14.8. The highest BCUT2D eigenvalue weighted by Crippen LogP contribution is 2.12. The molecule has 0 heterocycles. The summed E-state index contributed by atoms with van der Waals surface area (Å²) >= 11 is 0. The van der Waals surface area contributed by atoms with E-state index in [1.807, 2.05) is 0 Å². The first kappa shape index (κ1) is 26.8. The van der Waals surface area contributed by atoms with Crippen molar-refractivity contribution in [3.8, 4) is 0 Å². The fourth-order valence-electron chi connectivity index (χ4n) is 3.36. The first-order chi connectivity index (χ1) is 9.07. The smallest absolute Gasteiger partial charge is 0.0786 e. The van der Waals surface area contributed by atoms with Gasteiger partial charge in [0.2, 0.25) is 0 Å². The minimum atomic E-state index is 0. The van der Waals surface area contributed by atoms with Crippen LogP contribution in [0.4, 0.5) is 0 Å². The normalized spacial score (nSPS) is 11.7. The molecule has 0 aromatic heterocycles. The molecule has 0 N–H and O–H groups in total. The monoisotopic (exact) mass is 430 g/mol. The van der Waals surface area contributed by atoms with Gasteiger partial charge < -0.3 is 42.9 Å². The lowest BCUT2D eigenvalue weighted by Crippen LogP contribution is -3.00. The second-order valence-corrected chi connectivity index (χ2v) is 6.09. The summed E-state index contributed by atoms with van der Waals surface area (Å²) in [6.07, 6.45) is 4.24. The first-order valence-corrected chi connectivity index (χ1v) is 8.77. The maximum absolute atomic E-state index is 2.35. The first-order valence-electron chi connectivity index (χ1n) is 8.77. The number of nitrogens with zero attached hydrogens (tertiary/aromatic N) is 2. The number of hydrogen-bond donors (Lipinski definition) is 0. The molecule has 0 atom stereocenters. The third-order valence-corrected chi connectivity index (χ3v) is 5.79. The lowest BCUT2D eigenvalue weighted by Gasteiger charge is -2.37. The van der Waals surface area contributed by atoms with Crippen molar-refractivity contribution in [3.05, 3.63) is 0 Å². The van der Waals surface area contributed by atoms with Crippen molar-refractivity contribution >= 4 is 0 Å². The van der Waals surface area contributed by atoms with Crippen LogP contribution in [0.2, 0.25) is 0 Å². The van der Waals surface area contributed by atoms with Crippen LogP contribution in [0.3, 0.4) is 0 Å². The van der Waals surface area contributed by atoms with Gasteiger partial charge in [-0.3, -0.25) is 0 Å². The van der Waals surface area contributed by atoms with E-state index < -0.39 is 0 Å². The van der Waals surface area contributed by atoms with E-state index >= 15 is 0 Å². The molecular weight excluding hydrogens is 392 g/mol. The molecular formula is C17H40Br2N2. The lowest BCUT2D eigenvalue weighted by molar-refractivity contribution is -0.925. The molecule has 0 bridgehead atoms. The average Bonchev–Trinajstić information content (AvgIpc) is 2.48. The van der Waals surface area contributed by atoms with Gasteiger partial charge in [-0.15, -0.1) is 0 Å². The van der Waals surface area contributed by atoms with Crippen molar-refractivity contribution in [3.63, 3.8) is 0 Å². The van der Waals surface area contributed by atoms with Crippen LogP contribution in [0.15, 0.2) is 0 Å². The Morgan fingerprint density at radius 3 is 0.857 bits per heavy atom. The van der Waals surface area contributed by atoms with Crippen molar-refractivity contribution in [2.45, 2.75) is 60.8 Å². The molecule has 0 saturated carbocycles. The van der Waals surface area contributed by atoms with Gasteiger partial charge in [0.05, 0.1) is 52.4 Å². The molecule has 0 rings (SSSR count). The zero-order valence-electron chi connectivity index (χ0n) is 15.4. The highest BCUT2D eigenvalue weighted by molar-refractivity contribution is 4.46. The van der Waals surface area contributed by atoms with Crippen LogP contribution in [0.1, 0.15) is 60.8 Å². The molecule has 0 saturated heterocycles. The van der Waals surface area contributed by atoms with Crippen LogP contribution in [0, 0.1) is 0 Å². The van der Waals surface area contributed by atoms with Crippen LogP contribution in [-0.4, -0.2) is 61.3 Å². The number of halogens is 2. The van der Waals surface area contributed by atoms with Crippen molar-refractivity contribution in [2.24, 2.45) is 0 Å². The van der Waals surface area contributed by atoms with Gasteiger partial charge in [0, 0.05) is 0 Å². The van der Waals surface area contributed by atoms with Gasteiger partial charge in [0.1, 0.15) is 0 Å². The lowest BCUT2D eigenvalue weighted by atomic mass is 10.1. The molecule has 0 aliphatic rings. The predicted octanol–water partition coefficient (Wildman–Crippen LogP) is -2.08. The number of quaternary nitrogens is 2. The Balaban J connectivity index is -0.00000162. The third kappa shape index (κ3) is 8.92. The highest BCUT2D eigenvalue weighted by Gasteiger charge is 2.21. The van der Waals surface area contributed by atoms with Crippen molar-refractivity contribution in [2.75, 3.05) is 52.4 Å². The standard InChI is InChI=1S/C17H40N2.2BrH/c1-7-18(8-2,9-3)16-14-13-15-17-19(10-4,11-5)12-6;;/h7-17H2,1-6H3;2*1H/q+2;;/p-2. The Morgan fingerprint density at radius 2 is 0.667 bits per heavy atom. The van der Waals surface area contributed by atoms with E-state index in [1.165, 1.54) is 80.6 Å². The van der Waals surface area contributed by atoms with E-state index in [2.05, 4.69) is 41.5 Å². The Hall–Kier alpha value is 0.880. The van der Waals surface area contributed by atoms with E-state index in [9.17, 15) is 0 Å². The van der Waals surface area contributed by atoms with Gasteiger partial charge in [0.15, 0.2) is 0 Å². The highest BCUT2D eigenvalue weighted by atomic mass is 79.9. The minimum absolute atomic E-state index is 0. The van der Waals surface area contributed by atoms with Crippen LogP contribution < -0.4 is 34.0 Å². The Bertz CT molecular complexity index is 176. The molecule has 0 aliphatic carbocycles. The molecule has 0 spiro atoms. The van der Waals surface area contributed by atoms with Crippen LogP contribution in [0.5, 0.6) is 0 Å². The molecule has 0 radical (unpaired) electrons. The van der Waals surface area contributed by atoms with Crippen molar-refractivity contribution < 1.29 is 42.9 Å². The number of rotatable bonds is 12. The molecule has 132 valence electrons. The van der Waals surface area contributed by atoms with E-state index in [0.29, 0.717) is 0 Å². The fourth-order valence-corrected chi connectivity index (χ4v) is 3.36. The van der Waals surface area contributed by atoms with Gasteiger partial charge in [-0.1, -0.05) is 0 Å². The Labute approximate surface area is 156 Å². The summed E-state index contributed by atoms with van der Waals surface area (Å²) in [5.74, 6) is 0. The number of unbranched alkanes of at least 4 members (excludes halogenated alkanes) is 2. The molecule has 0 amide bonds. The van der Waals surface area contributed by atoms with Gasteiger partial charge in [-0.2, -0.15) is 0 Å². The third-order valence-electron chi connectivity index (χ3n) is 5.79. The van der Waals surface area contributed by atoms with E-state index in [-0.39, 0.29) is 34.0 Å². The zero-order valence-corrected chi connectivity index (χ0v) is 18.6. The molecule has 21 heavy (non-hydrogen) atoms. The number of hydrogen-bond acceptors (Lipinski definition) is 0. The summed E-state index contributed by atoms with van der Waals surface area (Å²) < 4.78 is 2.63. The molecule has 0 aliphatic heterocycles. The second kappa shape index (κ2) is 14.5. The van der Waals surface area contributed by atoms with Crippen LogP contribution in [0.25, 0.3) is 0 Å². The van der Waals surface area contributed by atoms with Crippen molar-refractivity contribution in [1.82, 2.24) is 0 Å². The molecule has 0 aromatic carbocycles. The molecule has 0 aromatic rings. The maximum Gasteiger partial charge on any atom is 0.0786 e. The topological polar surface area (TPSA) is 0 Å². The van der Waals surface area contributed by atoms with Gasteiger partial charge in [-0.25, -0.2) is 0 Å². The van der Waals surface area contributed by atoms with Crippen LogP contribution in [-0.2, 0) is 0 Å². The van der Waals surface area contributed by atoms with E-state index in [1.54, 1.807) is 0 Å². The summed E-state index contributed by atoms with van der Waals surface area (Å²) in [5.41, 5.74) is 0. The Kier molecular flexibility index (Phi) is 18.4. The molecule has 0 unspecified atom stereocenters. The summed E-state index contributed by atoms with van der Waals surface area (Å²) in [7, 11) is 0. The molecule has 0 fully saturated rings. The average molecular weight is 432 g/mol. The predicted molar refractivity (Wildman–Crippen MR) is 87.4 cm³/mol. The van der Waals surface area contributed by atoms with E-state index in [4.69, 9.17) is 0 Å². The summed E-state index contributed by atoms with van der Waals surface area (Å²) in [6.45, 7) is 24.6. The van der Waals surface area contributed by atoms with Gasteiger partial charge in [0.25, 0.3) is 0 Å². The Morgan fingerprint density at radius 1 is 0.429 bits per heavy atom. The second-order valence-electron chi connectivity index (χ2n) is 6.09. The maximum atomic E-state index is 2.35. The van der Waals surface area contributed by atoms with E-state index in [0.717, 1.165) is 0 Å². The summed E-state index contributed by atoms with van der Waals surface area (Å²) in [4.78, 5) is 0. The van der Waals surface area contributed by atoms with Gasteiger partial charge in [-0.05, 0) is 60.8 Å². The SMILES string of the molecule is CC[N+](CC)(CC)CCCCC[N+](CC)(CC)CC.[Br-].[Br-]. The molecule has 4 heteroatoms. The molecule has 2 nitrogen and oxygen atoms in total. The fraction of sp³-hybridized carbons (Fsp3) is 1.00. The van der Waals surface area contributed by atoms with Gasteiger partial charge >= 0.3 is 0 Å². The summed E-state index contributed by atoms with van der Waals surface area (Å²) in [5, 5.41) is 0. The summed E-state index contributed by atoms with van der Waals surface area (Å²) in [6, 6.07) is 0. The quantitative estimate of drug-likeness (QED) is 0.245. The van der Waals surface area contributed by atoms with Crippen molar-refractivity contribution in [1.29, 1.82) is 0 Å². The largest absolute Gasteiger partial charge is 1.00 e.